The van der Waals surface area contributed by atoms with Crippen molar-refractivity contribution in [2.45, 2.75) is 76.4 Å². The maximum Gasteiger partial charge on any atom is 0.220 e. The highest BCUT2D eigenvalue weighted by atomic mass is 19.1. The van der Waals surface area contributed by atoms with Crippen molar-refractivity contribution in [1.82, 2.24) is 20.1 Å². The zero-order valence-electron chi connectivity index (χ0n) is 22.7. The van der Waals surface area contributed by atoms with Crippen LogP contribution in [0.4, 0.5) is 10.1 Å². The van der Waals surface area contributed by atoms with Crippen LogP contribution in [0.5, 0.6) is 0 Å². The average molecular weight is 522 g/mol. The monoisotopic (exact) mass is 521 g/mol. The molecule has 1 aromatic carbocycles. The predicted molar refractivity (Wildman–Crippen MR) is 150 cm³/mol. The van der Waals surface area contributed by atoms with Crippen molar-refractivity contribution in [3.8, 4) is 0 Å². The van der Waals surface area contributed by atoms with Gasteiger partial charge in [0, 0.05) is 70.2 Å². The van der Waals surface area contributed by atoms with Crippen LogP contribution in [0, 0.1) is 11.7 Å². The molecule has 3 heterocycles. The Balaban J connectivity index is 1.19. The number of piperazine rings is 1. The van der Waals surface area contributed by atoms with Crippen LogP contribution in [0.2, 0.25) is 0 Å². The number of pyridine rings is 1. The molecule has 206 valence electrons. The molecule has 0 unspecified atom stereocenters. The van der Waals surface area contributed by atoms with Gasteiger partial charge in [-0.2, -0.15) is 0 Å². The lowest BCUT2D eigenvalue weighted by molar-refractivity contribution is -0.122. The molecule has 2 saturated heterocycles. The van der Waals surface area contributed by atoms with Gasteiger partial charge >= 0.3 is 0 Å². The summed E-state index contributed by atoms with van der Waals surface area (Å²) in [5, 5.41) is 3.36. The number of hydrogen-bond donors (Lipinski definition) is 1. The summed E-state index contributed by atoms with van der Waals surface area (Å²) in [6, 6.07) is 12.1. The number of piperidine rings is 1. The van der Waals surface area contributed by atoms with Crippen molar-refractivity contribution < 1.29 is 9.18 Å². The van der Waals surface area contributed by atoms with Crippen LogP contribution in [0.25, 0.3) is 0 Å². The van der Waals surface area contributed by atoms with Gasteiger partial charge in [-0.1, -0.05) is 37.8 Å². The van der Waals surface area contributed by atoms with E-state index >= 15 is 0 Å². The summed E-state index contributed by atoms with van der Waals surface area (Å²) >= 11 is 0. The van der Waals surface area contributed by atoms with Gasteiger partial charge in [-0.3, -0.25) is 19.6 Å². The zero-order chi connectivity index (χ0) is 26.2. The van der Waals surface area contributed by atoms with E-state index < -0.39 is 0 Å². The van der Waals surface area contributed by atoms with Gasteiger partial charge in [0.05, 0.1) is 5.69 Å². The van der Waals surface area contributed by atoms with E-state index in [1.165, 1.54) is 31.2 Å². The Hall–Kier alpha value is -2.51. The number of anilines is 1. The third-order valence-electron chi connectivity index (χ3n) is 8.87. The Kier molecular flexibility index (Phi) is 9.63. The van der Waals surface area contributed by atoms with Crippen LogP contribution in [0.15, 0.2) is 48.8 Å². The van der Waals surface area contributed by atoms with Gasteiger partial charge in [-0.05, 0) is 68.0 Å². The van der Waals surface area contributed by atoms with Gasteiger partial charge in [-0.25, -0.2) is 4.39 Å². The molecule has 0 spiro atoms. The summed E-state index contributed by atoms with van der Waals surface area (Å²) in [7, 11) is 0. The van der Waals surface area contributed by atoms with E-state index in [0.29, 0.717) is 30.1 Å². The molecule has 2 atom stereocenters. The number of carbonyl (C=O) groups is 1. The van der Waals surface area contributed by atoms with Crippen LogP contribution < -0.4 is 10.2 Å². The topological polar surface area (TPSA) is 51.7 Å². The lowest BCUT2D eigenvalue weighted by atomic mass is 9.86. The number of nitrogens with one attached hydrogen (secondary N) is 1. The molecule has 0 radical (unpaired) electrons. The van der Waals surface area contributed by atoms with Crippen LogP contribution in [-0.4, -0.2) is 72.0 Å². The van der Waals surface area contributed by atoms with Crippen molar-refractivity contribution >= 4 is 11.6 Å². The summed E-state index contributed by atoms with van der Waals surface area (Å²) in [5.41, 5.74) is 2.01. The second-order valence-corrected chi connectivity index (χ2v) is 11.5. The molecule has 1 saturated carbocycles. The first-order valence-corrected chi connectivity index (χ1v) is 14.8. The van der Waals surface area contributed by atoms with E-state index in [0.717, 1.165) is 71.5 Å². The molecule has 3 aliphatic rings. The van der Waals surface area contributed by atoms with Gasteiger partial charge in [-0.15, -0.1) is 0 Å². The Morgan fingerprint density at radius 3 is 2.39 bits per heavy atom. The molecule has 1 aliphatic carbocycles. The molecule has 7 heteroatoms. The number of hydrogen-bond acceptors (Lipinski definition) is 5. The lowest BCUT2D eigenvalue weighted by Gasteiger charge is -2.47. The maximum absolute atomic E-state index is 14.4. The Morgan fingerprint density at radius 2 is 1.66 bits per heavy atom. The molecule has 1 amide bonds. The second-order valence-electron chi connectivity index (χ2n) is 11.5. The van der Waals surface area contributed by atoms with E-state index in [9.17, 15) is 9.18 Å². The largest absolute Gasteiger partial charge is 0.367 e. The molecular formula is C31H44FN5O. The van der Waals surface area contributed by atoms with Crippen LogP contribution >= 0.6 is 0 Å². The molecule has 0 bridgehead atoms. The number of amides is 1. The normalized spacial score (nSPS) is 24.2. The van der Waals surface area contributed by atoms with Crippen molar-refractivity contribution in [1.29, 1.82) is 0 Å². The molecule has 1 N–H and O–H groups in total. The van der Waals surface area contributed by atoms with E-state index in [-0.39, 0.29) is 11.7 Å². The van der Waals surface area contributed by atoms with E-state index in [2.05, 4.69) is 37.1 Å². The van der Waals surface area contributed by atoms with Crippen molar-refractivity contribution in [3.63, 3.8) is 0 Å². The summed E-state index contributed by atoms with van der Waals surface area (Å²) in [6.07, 6.45) is 13.7. The average Bonchev–Trinajstić information content (AvgIpc) is 3.22. The minimum Gasteiger partial charge on any atom is -0.367 e. The molecule has 38 heavy (non-hydrogen) atoms. The van der Waals surface area contributed by atoms with Crippen molar-refractivity contribution in [3.05, 3.63) is 60.2 Å². The number of nitrogens with zero attached hydrogens (tertiary/aromatic N) is 4. The first-order valence-electron chi connectivity index (χ1n) is 14.8. The highest BCUT2D eigenvalue weighted by molar-refractivity contribution is 5.76. The quantitative estimate of drug-likeness (QED) is 0.503. The first kappa shape index (κ1) is 27.1. The van der Waals surface area contributed by atoms with Crippen LogP contribution in [0.3, 0.4) is 0 Å². The fourth-order valence-electron chi connectivity index (χ4n) is 6.79. The molecule has 5 rings (SSSR count). The Morgan fingerprint density at radius 1 is 0.921 bits per heavy atom. The van der Waals surface area contributed by atoms with Gasteiger partial charge in [0.25, 0.3) is 0 Å². The number of carbonyl (C=O) groups excluding carboxylic acids is 1. The van der Waals surface area contributed by atoms with Gasteiger partial charge in [0.2, 0.25) is 5.91 Å². The standard InChI is InChI=1S/C31H44FN5O/c32-28-9-5-6-10-30(28)37-21-19-36(20-22-37)29-15-18-35(23-25-13-16-33-17-14-25)24-26(29)11-12-31(38)34-27-7-3-1-2-4-8-27/h5-6,9-10,13-14,16-17,26-27,29H,1-4,7-8,11-12,15,18-24H2,(H,34,38)/t26-,29+/m1/s1. The molecule has 1 aromatic heterocycles. The van der Waals surface area contributed by atoms with Gasteiger partial charge in [0.15, 0.2) is 0 Å². The highest BCUT2D eigenvalue weighted by Crippen LogP contribution is 2.29. The number of rotatable bonds is 8. The number of benzene rings is 1. The van der Waals surface area contributed by atoms with Crippen LogP contribution in [-0.2, 0) is 11.3 Å². The van der Waals surface area contributed by atoms with Crippen molar-refractivity contribution in [2.75, 3.05) is 44.2 Å². The minimum absolute atomic E-state index is 0.136. The van der Waals surface area contributed by atoms with Gasteiger partial charge < -0.3 is 10.2 Å². The lowest BCUT2D eigenvalue weighted by Crippen LogP contribution is -2.57. The first-order chi connectivity index (χ1) is 18.7. The predicted octanol–water partition coefficient (Wildman–Crippen LogP) is 4.85. The smallest absolute Gasteiger partial charge is 0.220 e. The van der Waals surface area contributed by atoms with E-state index in [1.54, 1.807) is 12.1 Å². The summed E-state index contributed by atoms with van der Waals surface area (Å²) < 4.78 is 14.4. The highest BCUT2D eigenvalue weighted by Gasteiger charge is 2.35. The second kappa shape index (κ2) is 13.5. The fourth-order valence-corrected chi connectivity index (χ4v) is 6.79. The molecule has 2 aromatic rings. The number of likely N-dealkylation sites (tertiary alicyclic amines) is 1. The molecule has 6 nitrogen and oxygen atoms in total. The summed E-state index contributed by atoms with van der Waals surface area (Å²) in [5.74, 6) is 0.541. The number of halogens is 1. The minimum atomic E-state index is -0.136. The SMILES string of the molecule is O=C(CC[C@@H]1CN(Cc2ccncc2)CC[C@@H]1N1CCN(c2ccccc2F)CC1)NC1CCCCCC1. The maximum atomic E-state index is 14.4. The number of para-hydroxylation sites is 1. The molecular weight excluding hydrogens is 477 g/mol. The Bertz CT molecular complexity index is 1000. The Labute approximate surface area is 227 Å². The third-order valence-corrected chi connectivity index (χ3v) is 8.87. The summed E-state index contributed by atoms with van der Waals surface area (Å²) in [4.78, 5) is 24.5. The molecule has 2 aliphatic heterocycles. The number of aromatic nitrogens is 1. The van der Waals surface area contributed by atoms with Gasteiger partial charge in [0.1, 0.15) is 5.82 Å². The third kappa shape index (κ3) is 7.32. The van der Waals surface area contributed by atoms with E-state index in [4.69, 9.17) is 0 Å². The van der Waals surface area contributed by atoms with E-state index in [1.807, 2.05) is 24.5 Å². The summed E-state index contributed by atoms with van der Waals surface area (Å²) in [6.45, 7) is 6.56. The van der Waals surface area contributed by atoms with Crippen molar-refractivity contribution in [2.24, 2.45) is 5.92 Å². The molecule has 3 fully saturated rings. The fraction of sp³-hybridized carbons (Fsp3) is 0.613. The zero-order valence-corrected chi connectivity index (χ0v) is 22.7. The van der Waals surface area contributed by atoms with Crippen LogP contribution in [0.1, 0.15) is 63.4 Å².